The fourth-order valence-corrected chi connectivity index (χ4v) is 2.46. The fraction of sp³-hybridized carbons (Fsp3) is 0.917. The Morgan fingerprint density at radius 3 is 2.53 bits per heavy atom. The molecule has 15 heavy (non-hydrogen) atoms. The minimum Gasteiger partial charge on any atom is -0.378 e. The Kier molecular flexibility index (Phi) is 3.61. The second-order valence-electron chi connectivity index (χ2n) is 5.02. The molecule has 0 radical (unpaired) electrons. The van der Waals surface area contributed by atoms with Crippen molar-refractivity contribution in [3.8, 4) is 6.07 Å². The lowest BCUT2D eigenvalue weighted by atomic mass is 9.86. The van der Waals surface area contributed by atoms with Crippen molar-refractivity contribution in [2.75, 3.05) is 26.3 Å². The van der Waals surface area contributed by atoms with Crippen LogP contribution in [0.15, 0.2) is 0 Å². The van der Waals surface area contributed by atoms with Crippen molar-refractivity contribution in [1.29, 1.82) is 5.26 Å². The summed E-state index contributed by atoms with van der Waals surface area (Å²) < 4.78 is 5.11. The zero-order chi connectivity index (χ0) is 10.6. The second-order valence-corrected chi connectivity index (χ2v) is 5.02. The van der Waals surface area contributed by atoms with Gasteiger partial charge < -0.3 is 10.1 Å². The highest BCUT2D eigenvalue weighted by atomic mass is 16.5. The molecule has 2 rings (SSSR count). The van der Waals surface area contributed by atoms with E-state index in [0.717, 1.165) is 19.0 Å². The van der Waals surface area contributed by atoms with Gasteiger partial charge in [-0.15, -0.1) is 0 Å². The van der Waals surface area contributed by atoms with Gasteiger partial charge in [0.2, 0.25) is 0 Å². The summed E-state index contributed by atoms with van der Waals surface area (Å²) in [5.41, 5.74) is -0.214. The molecule has 1 aliphatic heterocycles. The Hall–Kier alpha value is -0.590. The third-order valence-corrected chi connectivity index (χ3v) is 3.62. The van der Waals surface area contributed by atoms with E-state index in [-0.39, 0.29) is 5.41 Å². The van der Waals surface area contributed by atoms with Crippen LogP contribution in [-0.2, 0) is 4.74 Å². The van der Waals surface area contributed by atoms with E-state index in [9.17, 15) is 0 Å². The van der Waals surface area contributed by atoms with Crippen molar-refractivity contribution in [2.24, 2.45) is 11.3 Å². The van der Waals surface area contributed by atoms with Crippen molar-refractivity contribution in [1.82, 2.24) is 5.32 Å². The maximum atomic E-state index is 9.00. The lowest BCUT2D eigenvalue weighted by molar-refractivity contribution is -0.0757. The Balaban J connectivity index is 1.63. The third-order valence-electron chi connectivity index (χ3n) is 3.62. The van der Waals surface area contributed by atoms with Gasteiger partial charge in [0.25, 0.3) is 0 Å². The summed E-state index contributed by atoms with van der Waals surface area (Å²) in [4.78, 5) is 0. The number of hydrogen-bond acceptors (Lipinski definition) is 3. The maximum absolute atomic E-state index is 9.00. The van der Waals surface area contributed by atoms with Crippen LogP contribution in [0.25, 0.3) is 0 Å². The lowest BCUT2D eigenvalue weighted by Crippen LogP contribution is -2.49. The van der Waals surface area contributed by atoms with Crippen molar-refractivity contribution in [3.63, 3.8) is 0 Å². The van der Waals surface area contributed by atoms with Crippen molar-refractivity contribution in [2.45, 2.75) is 32.1 Å². The van der Waals surface area contributed by atoms with E-state index < -0.39 is 0 Å². The molecule has 1 saturated carbocycles. The van der Waals surface area contributed by atoms with E-state index in [1.165, 1.54) is 32.1 Å². The average molecular weight is 208 g/mol. The molecule has 0 aromatic carbocycles. The Morgan fingerprint density at radius 2 is 2.00 bits per heavy atom. The molecule has 1 aliphatic carbocycles. The van der Waals surface area contributed by atoms with E-state index >= 15 is 0 Å². The first-order valence-electron chi connectivity index (χ1n) is 6.04. The molecule has 0 aromatic rings. The van der Waals surface area contributed by atoms with Crippen LogP contribution in [0.1, 0.15) is 32.1 Å². The van der Waals surface area contributed by atoms with Crippen molar-refractivity contribution >= 4 is 0 Å². The molecule has 1 heterocycles. The van der Waals surface area contributed by atoms with Gasteiger partial charge in [0, 0.05) is 6.54 Å². The summed E-state index contributed by atoms with van der Waals surface area (Å²) in [6.07, 6.45) is 6.91. The topological polar surface area (TPSA) is 45.0 Å². The van der Waals surface area contributed by atoms with Crippen LogP contribution >= 0.6 is 0 Å². The van der Waals surface area contributed by atoms with Gasteiger partial charge in [-0.05, 0) is 25.3 Å². The van der Waals surface area contributed by atoms with Gasteiger partial charge in [-0.25, -0.2) is 0 Å². The summed E-state index contributed by atoms with van der Waals surface area (Å²) in [6, 6.07) is 2.37. The molecule has 0 spiro atoms. The molecule has 2 aliphatic rings. The first kappa shape index (κ1) is 10.9. The number of rotatable bonds is 4. The number of nitrogens with one attached hydrogen (secondary N) is 1. The van der Waals surface area contributed by atoms with Crippen molar-refractivity contribution in [3.05, 3.63) is 0 Å². The minimum atomic E-state index is -0.214. The van der Waals surface area contributed by atoms with Crippen LogP contribution < -0.4 is 5.32 Å². The Labute approximate surface area is 91.8 Å². The van der Waals surface area contributed by atoms with Gasteiger partial charge in [0.1, 0.15) is 5.41 Å². The highest BCUT2D eigenvalue weighted by Crippen LogP contribution is 2.26. The quantitative estimate of drug-likeness (QED) is 0.764. The molecule has 3 heteroatoms. The molecular formula is C12H20N2O. The van der Waals surface area contributed by atoms with Gasteiger partial charge in [-0.3, -0.25) is 0 Å². The molecule has 1 saturated heterocycles. The highest BCUT2D eigenvalue weighted by molar-refractivity contribution is 5.05. The molecule has 3 nitrogen and oxygen atoms in total. The van der Waals surface area contributed by atoms with Crippen molar-refractivity contribution < 1.29 is 4.74 Å². The van der Waals surface area contributed by atoms with Gasteiger partial charge in [-0.1, -0.05) is 19.3 Å². The largest absolute Gasteiger partial charge is 0.378 e. The minimum absolute atomic E-state index is 0.214. The first-order chi connectivity index (χ1) is 7.35. The van der Waals surface area contributed by atoms with E-state index in [1.54, 1.807) is 0 Å². The lowest BCUT2D eigenvalue weighted by Gasteiger charge is -2.35. The summed E-state index contributed by atoms with van der Waals surface area (Å²) in [5, 5.41) is 12.4. The fourth-order valence-electron chi connectivity index (χ4n) is 2.46. The van der Waals surface area contributed by atoms with E-state index in [0.29, 0.717) is 13.2 Å². The van der Waals surface area contributed by atoms with Gasteiger partial charge in [0.05, 0.1) is 19.3 Å². The second kappa shape index (κ2) is 4.96. The normalized spacial score (nSPS) is 25.5. The van der Waals surface area contributed by atoms with Gasteiger partial charge in [0.15, 0.2) is 0 Å². The number of ether oxygens (including phenoxy) is 1. The van der Waals surface area contributed by atoms with E-state index in [1.807, 2.05) is 0 Å². The molecule has 0 bridgehead atoms. The molecule has 1 N–H and O–H groups in total. The van der Waals surface area contributed by atoms with E-state index in [4.69, 9.17) is 10.00 Å². The molecule has 0 amide bonds. The number of nitrogens with zero attached hydrogens (tertiary/aromatic N) is 1. The molecule has 0 atom stereocenters. The predicted molar refractivity (Wildman–Crippen MR) is 58.3 cm³/mol. The van der Waals surface area contributed by atoms with Gasteiger partial charge >= 0.3 is 0 Å². The summed E-state index contributed by atoms with van der Waals surface area (Å²) in [5.74, 6) is 0.843. The molecule has 0 unspecified atom stereocenters. The van der Waals surface area contributed by atoms with Gasteiger partial charge in [-0.2, -0.15) is 5.26 Å². The third kappa shape index (κ3) is 2.70. The van der Waals surface area contributed by atoms with Crippen LogP contribution in [0.2, 0.25) is 0 Å². The maximum Gasteiger partial charge on any atom is 0.116 e. The zero-order valence-corrected chi connectivity index (χ0v) is 9.30. The predicted octanol–water partition coefficient (Wildman–Crippen LogP) is 1.70. The average Bonchev–Trinajstić information content (AvgIpc) is 2.24. The number of hydrogen-bond donors (Lipinski definition) is 1. The van der Waals surface area contributed by atoms with Crippen LogP contribution in [-0.4, -0.2) is 26.3 Å². The Bertz CT molecular complexity index is 236. The van der Waals surface area contributed by atoms with Crippen LogP contribution in [0.4, 0.5) is 0 Å². The molecular weight excluding hydrogens is 188 g/mol. The first-order valence-corrected chi connectivity index (χ1v) is 6.04. The summed E-state index contributed by atoms with van der Waals surface area (Å²) in [7, 11) is 0. The molecule has 0 aromatic heterocycles. The zero-order valence-electron chi connectivity index (χ0n) is 9.30. The molecule has 84 valence electrons. The van der Waals surface area contributed by atoms with Crippen LogP contribution in [0.3, 0.4) is 0 Å². The summed E-state index contributed by atoms with van der Waals surface area (Å²) in [6.45, 7) is 3.12. The smallest absolute Gasteiger partial charge is 0.116 e. The monoisotopic (exact) mass is 208 g/mol. The summed E-state index contributed by atoms with van der Waals surface area (Å²) >= 11 is 0. The SMILES string of the molecule is N#CC1(CNCC2CCCCC2)COC1. The highest BCUT2D eigenvalue weighted by Gasteiger charge is 2.38. The standard InChI is InChI=1S/C12H20N2O/c13-7-12(9-15-10-12)8-14-6-11-4-2-1-3-5-11/h11,14H,1-6,8-10H2. The molecule has 2 fully saturated rings. The van der Waals surface area contributed by atoms with E-state index in [2.05, 4.69) is 11.4 Å². The van der Waals surface area contributed by atoms with Crippen LogP contribution in [0.5, 0.6) is 0 Å². The van der Waals surface area contributed by atoms with Crippen LogP contribution in [0, 0.1) is 22.7 Å². The number of nitriles is 1. The Morgan fingerprint density at radius 1 is 1.27 bits per heavy atom.